The Morgan fingerprint density at radius 1 is 1.05 bits per heavy atom. The van der Waals surface area contributed by atoms with Gasteiger partial charge in [-0.25, -0.2) is 0 Å². The molecular weight excluding hydrogens is 476 g/mol. The lowest BCUT2D eigenvalue weighted by Gasteiger charge is -2.40. The van der Waals surface area contributed by atoms with Gasteiger partial charge in [-0.3, -0.25) is 19.5 Å². The van der Waals surface area contributed by atoms with E-state index in [0.717, 1.165) is 91.3 Å². The lowest BCUT2D eigenvalue weighted by Crippen LogP contribution is -2.38. The number of aromatic nitrogens is 2. The number of nitrogens with zero attached hydrogens (tertiary/aromatic N) is 3. The van der Waals surface area contributed by atoms with Gasteiger partial charge in [0.25, 0.3) is 0 Å². The number of hydrogen-bond acceptors (Lipinski definition) is 5. The van der Waals surface area contributed by atoms with E-state index in [0.29, 0.717) is 5.41 Å². The Morgan fingerprint density at radius 3 is 2.50 bits per heavy atom. The van der Waals surface area contributed by atoms with E-state index in [-0.39, 0.29) is 12.0 Å². The molecule has 5 rings (SSSR count). The maximum Gasteiger partial charge on any atom is 0.307 e. The first-order chi connectivity index (χ1) is 18.1. The number of aryl methyl sites for hydroxylation is 2. The molecule has 1 aromatic carbocycles. The first kappa shape index (κ1) is 26.2. The van der Waals surface area contributed by atoms with E-state index in [4.69, 9.17) is 4.98 Å². The van der Waals surface area contributed by atoms with Gasteiger partial charge in [0.15, 0.2) is 0 Å². The number of carboxylic acids is 1. The summed E-state index contributed by atoms with van der Waals surface area (Å²) in [6, 6.07) is 10.2. The van der Waals surface area contributed by atoms with Crippen molar-refractivity contribution in [1.29, 1.82) is 0 Å². The van der Waals surface area contributed by atoms with Crippen molar-refractivity contribution in [3.63, 3.8) is 0 Å². The Labute approximate surface area is 224 Å². The number of carboxylic acid groups (broad SMARTS) is 1. The summed E-state index contributed by atoms with van der Waals surface area (Å²) in [5, 5.41) is 9.76. The Morgan fingerprint density at radius 2 is 1.82 bits per heavy atom. The van der Waals surface area contributed by atoms with Crippen LogP contribution in [-0.2, 0) is 30.7 Å². The van der Waals surface area contributed by atoms with E-state index in [1.54, 1.807) is 12.3 Å². The van der Waals surface area contributed by atoms with Gasteiger partial charge in [0, 0.05) is 67.5 Å². The summed E-state index contributed by atoms with van der Waals surface area (Å²) < 4.78 is 0. The number of aliphatic carboxylic acids is 1. The molecule has 0 saturated carbocycles. The topological polar surface area (TPSA) is 89.5 Å². The largest absolute Gasteiger partial charge is 0.481 e. The zero-order chi connectivity index (χ0) is 27.0. The summed E-state index contributed by atoms with van der Waals surface area (Å²) in [7, 11) is 0. The number of benzene rings is 1. The Bertz CT molecular complexity index is 1390. The number of hydrogen-bond donors (Lipinski definition) is 2. The van der Waals surface area contributed by atoms with E-state index >= 15 is 0 Å². The van der Waals surface area contributed by atoms with Crippen LogP contribution in [0.5, 0.6) is 0 Å². The van der Waals surface area contributed by atoms with Gasteiger partial charge in [0.1, 0.15) is 0 Å². The Balaban J connectivity index is 1.49. The maximum absolute atomic E-state index is 11.9. The lowest BCUT2D eigenvalue weighted by atomic mass is 9.82. The molecular formula is C31H38N4O3. The standard InChI is InChI=1S/C31H38N4O3/c1-20-26(16-28(37)38)30(35-13-10-31(3,4)11-14-35)29(21(2)33-20)24-6-7-25-19-34(12-9-23(25)15-24)18-22-5-8-27(36)32-17-22/h5-8,15,17H,9-14,16,18-19H2,1-4H3,(H,32,36)(H,37,38). The second-order valence-corrected chi connectivity index (χ2v) is 11.7. The number of anilines is 1. The molecule has 1 fully saturated rings. The quantitative estimate of drug-likeness (QED) is 0.488. The minimum absolute atomic E-state index is 0.0218. The van der Waals surface area contributed by atoms with Gasteiger partial charge < -0.3 is 15.0 Å². The number of aromatic amines is 1. The number of H-pyrrole nitrogens is 1. The number of carbonyl (C=O) groups is 1. The molecule has 7 nitrogen and oxygen atoms in total. The fraction of sp³-hybridized carbons (Fsp3) is 0.452. The van der Waals surface area contributed by atoms with Crippen molar-refractivity contribution in [3.8, 4) is 11.1 Å². The zero-order valence-electron chi connectivity index (χ0n) is 22.9. The van der Waals surface area contributed by atoms with Crippen LogP contribution >= 0.6 is 0 Å². The minimum atomic E-state index is -0.823. The maximum atomic E-state index is 11.9. The van der Waals surface area contributed by atoms with E-state index in [1.807, 2.05) is 13.0 Å². The van der Waals surface area contributed by atoms with Crippen molar-refractivity contribution in [2.75, 3.05) is 24.5 Å². The summed E-state index contributed by atoms with van der Waals surface area (Å²) >= 11 is 0. The van der Waals surface area contributed by atoms with Gasteiger partial charge in [0.2, 0.25) is 5.56 Å². The number of nitrogens with one attached hydrogen (secondary N) is 1. The average Bonchev–Trinajstić information content (AvgIpc) is 2.86. The smallest absolute Gasteiger partial charge is 0.307 e. The van der Waals surface area contributed by atoms with Crippen LogP contribution in [0.1, 0.15) is 60.3 Å². The third kappa shape index (κ3) is 5.53. The van der Waals surface area contributed by atoms with Crippen LogP contribution in [0.25, 0.3) is 11.1 Å². The van der Waals surface area contributed by atoms with Crippen molar-refractivity contribution in [2.45, 2.75) is 66.5 Å². The third-order valence-electron chi connectivity index (χ3n) is 8.26. The lowest BCUT2D eigenvalue weighted by molar-refractivity contribution is -0.136. The zero-order valence-corrected chi connectivity index (χ0v) is 22.9. The third-order valence-corrected chi connectivity index (χ3v) is 8.26. The van der Waals surface area contributed by atoms with Crippen LogP contribution in [0.3, 0.4) is 0 Å². The summed E-state index contributed by atoms with van der Waals surface area (Å²) in [5.74, 6) is -0.823. The van der Waals surface area contributed by atoms with E-state index in [2.05, 4.69) is 53.8 Å². The summed E-state index contributed by atoms with van der Waals surface area (Å²) in [6.45, 7) is 13.1. The van der Waals surface area contributed by atoms with Gasteiger partial charge in [0.05, 0.1) is 12.1 Å². The molecule has 0 amide bonds. The molecule has 0 radical (unpaired) electrons. The fourth-order valence-electron chi connectivity index (χ4n) is 5.96. The van der Waals surface area contributed by atoms with Gasteiger partial charge >= 0.3 is 5.97 Å². The van der Waals surface area contributed by atoms with Crippen LogP contribution < -0.4 is 10.5 Å². The highest BCUT2D eigenvalue weighted by molar-refractivity contribution is 5.86. The molecule has 3 aromatic rings. The molecule has 0 bridgehead atoms. The fourth-order valence-corrected chi connectivity index (χ4v) is 5.96. The Hall–Kier alpha value is -3.45. The molecule has 2 N–H and O–H groups in total. The van der Waals surface area contributed by atoms with Crippen LogP contribution in [0.2, 0.25) is 0 Å². The van der Waals surface area contributed by atoms with Crippen molar-refractivity contribution in [1.82, 2.24) is 14.9 Å². The number of pyridine rings is 2. The molecule has 2 aliphatic rings. The predicted octanol–water partition coefficient (Wildman–Crippen LogP) is 4.87. The second-order valence-electron chi connectivity index (χ2n) is 11.7. The molecule has 38 heavy (non-hydrogen) atoms. The molecule has 200 valence electrons. The van der Waals surface area contributed by atoms with E-state index in [1.165, 1.54) is 11.1 Å². The molecule has 1 saturated heterocycles. The first-order valence-corrected chi connectivity index (χ1v) is 13.6. The van der Waals surface area contributed by atoms with Crippen LogP contribution in [0, 0.1) is 19.3 Å². The number of piperidine rings is 1. The molecule has 0 atom stereocenters. The SMILES string of the molecule is Cc1nc(C)c(-c2ccc3c(c2)CCN(Cc2ccc(=O)[nH]c2)C3)c(N2CCC(C)(C)CC2)c1CC(=O)O. The molecule has 7 heteroatoms. The van der Waals surface area contributed by atoms with Gasteiger partial charge in [-0.1, -0.05) is 38.1 Å². The molecule has 0 unspecified atom stereocenters. The van der Waals surface area contributed by atoms with Gasteiger partial charge in [-0.15, -0.1) is 0 Å². The normalized spacial score (nSPS) is 17.3. The highest BCUT2D eigenvalue weighted by Crippen LogP contribution is 2.42. The average molecular weight is 515 g/mol. The van der Waals surface area contributed by atoms with E-state index < -0.39 is 5.97 Å². The summed E-state index contributed by atoms with van der Waals surface area (Å²) in [6.07, 6.45) is 4.88. The number of rotatable bonds is 6. The molecule has 2 aliphatic heterocycles. The van der Waals surface area contributed by atoms with Crippen LogP contribution in [-0.4, -0.2) is 45.6 Å². The second kappa shape index (κ2) is 10.4. The van der Waals surface area contributed by atoms with Crippen molar-refractivity contribution in [2.24, 2.45) is 5.41 Å². The first-order valence-electron chi connectivity index (χ1n) is 13.6. The van der Waals surface area contributed by atoms with Gasteiger partial charge in [-0.05, 0) is 60.8 Å². The highest BCUT2D eigenvalue weighted by Gasteiger charge is 2.30. The molecule has 0 spiro atoms. The molecule has 4 heterocycles. The summed E-state index contributed by atoms with van der Waals surface area (Å²) in [5.41, 5.74) is 9.83. The molecule has 0 aliphatic carbocycles. The van der Waals surface area contributed by atoms with Crippen molar-refractivity contribution in [3.05, 3.63) is 80.5 Å². The highest BCUT2D eigenvalue weighted by atomic mass is 16.4. The van der Waals surface area contributed by atoms with Crippen molar-refractivity contribution >= 4 is 11.7 Å². The monoisotopic (exact) mass is 514 g/mol. The Kier molecular flexibility index (Phi) is 7.14. The minimum Gasteiger partial charge on any atom is -0.481 e. The summed E-state index contributed by atoms with van der Waals surface area (Å²) in [4.78, 5) is 35.7. The van der Waals surface area contributed by atoms with Gasteiger partial charge in [-0.2, -0.15) is 0 Å². The van der Waals surface area contributed by atoms with Crippen molar-refractivity contribution < 1.29 is 9.90 Å². The molecule has 2 aromatic heterocycles. The number of fused-ring (bicyclic) bond motifs is 1. The van der Waals surface area contributed by atoms with E-state index in [9.17, 15) is 14.7 Å². The van der Waals surface area contributed by atoms with Crippen LogP contribution in [0.4, 0.5) is 5.69 Å². The van der Waals surface area contributed by atoms with Crippen LogP contribution in [0.15, 0.2) is 41.3 Å². The predicted molar refractivity (Wildman–Crippen MR) is 151 cm³/mol.